The van der Waals surface area contributed by atoms with Gasteiger partial charge in [-0.2, -0.15) is 0 Å². The van der Waals surface area contributed by atoms with Crippen molar-refractivity contribution in [1.82, 2.24) is 9.80 Å². The number of Topliss-reactive ketones (excluding diaryl/α,β-unsaturated/α-hetero) is 1. The van der Waals surface area contributed by atoms with E-state index in [1.165, 1.54) is 0 Å². The first-order valence-corrected chi connectivity index (χ1v) is 14.0. The lowest BCUT2D eigenvalue weighted by Crippen LogP contribution is -2.51. The molecule has 0 aliphatic carbocycles. The largest absolute Gasteiger partial charge is 0.444 e. The summed E-state index contributed by atoms with van der Waals surface area (Å²) >= 11 is 0. The molecule has 7 heteroatoms. The summed E-state index contributed by atoms with van der Waals surface area (Å²) in [6.45, 7) is 11.5. The van der Waals surface area contributed by atoms with Gasteiger partial charge in [-0.25, -0.2) is 9.59 Å². The summed E-state index contributed by atoms with van der Waals surface area (Å²) in [7, 11) is 0. The van der Waals surface area contributed by atoms with Crippen molar-refractivity contribution in [2.45, 2.75) is 72.0 Å². The number of carbonyl (C=O) groups is 3. The molecule has 0 radical (unpaired) electrons. The van der Waals surface area contributed by atoms with E-state index in [1.54, 1.807) is 9.80 Å². The Labute approximate surface area is 232 Å². The molecule has 2 saturated heterocycles. The number of ether oxygens (including phenoxy) is 2. The van der Waals surface area contributed by atoms with Gasteiger partial charge in [0.25, 0.3) is 0 Å². The number of hydrogen-bond acceptors (Lipinski definition) is 5. The minimum absolute atomic E-state index is 0.0486. The third kappa shape index (κ3) is 6.81. The minimum atomic E-state index is -0.677. The normalized spacial score (nSPS) is 24.5. The molecular formula is C32H42N2O5. The Kier molecular flexibility index (Phi) is 8.38. The van der Waals surface area contributed by atoms with Gasteiger partial charge in [0.2, 0.25) is 0 Å². The molecule has 7 nitrogen and oxygen atoms in total. The molecule has 2 heterocycles. The van der Waals surface area contributed by atoms with Crippen molar-refractivity contribution in [3.05, 3.63) is 71.8 Å². The highest BCUT2D eigenvalue weighted by atomic mass is 16.6. The molecule has 2 fully saturated rings. The van der Waals surface area contributed by atoms with Crippen LogP contribution in [0.5, 0.6) is 0 Å². The van der Waals surface area contributed by atoms with E-state index in [0.29, 0.717) is 31.7 Å². The molecule has 2 aromatic carbocycles. The van der Waals surface area contributed by atoms with Crippen LogP contribution in [0.3, 0.4) is 0 Å². The smallest absolute Gasteiger partial charge is 0.410 e. The van der Waals surface area contributed by atoms with Crippen LogP contribution in [0.2, 0.25) is 0 Å². The number of hydrogen-bond donors (Lipinski definition) is 0. The summed E-state index contributed by atoms with van der Waals surface area (Å²) in [6.07, 6.45) is 1.69. The van der Waals surface area contributed by atoms with Crippen LogP contribution in [0.25, 0.3) is 0 Å². The maximum Gasteiger partial charge on any atom is 0.410 e. The van der Waals surface area contributed by atoms with E-state index in [-0.39, 0.29) is 11.9 Å². The van der Waals surface area contributed by atoms with Gasteiger partial charge in [0.1, 0.15) is 11.7 Å². The average molecular weight is 535 g/mol. The molecule has 3 atom stereocenters. The van der Waals surface area contributed by atoms with Gasteiger partial charge in [-0.3, -0.25) is 4.79 Å². The molecule has 3 unspecified atom stereocenters. The fourth-order valence-corrected chi connectivity index (χ4v) is 5.90. The van der Waals surface area contributed by atoms with E-state index >= 15 is 0 Å². The van der Waals surface area contributed by atoms with E-state index in [4.69, 9.17) is 9.47 Å². The molecule has 2 amide bonds. The molecule has 4 rings (SSSR count). The molecule has 39 heavy (non-hydrogen) atoms. The second-order valence-corrected chi connectivity index (χ2v) is 12.6. The first-order valence-electron chi connectivity index (χ1n) is 14.0. The van der Waals surface area contributed by atoms with Gasteiger partial charge in [-0.05, 0) is 52.0 Å². The van der Waals surface area contributed by atoms with Crippen LogP contribution in [0.4, 0.5) is 9.59 Å². The van der Waals surface area contributed by atoms with Crippen LogP contribution < -0.4 is 0 Å². The molecule has 0 N–H and O–H groups in total. The van der Waals surface area contributed by atoms with Crippen molar-refractivity contribution in [3.8, 4) is 0 Å². The van der Waals surface area contributed by atoms with Crippen molar-refractivity contribution in [3.63, 3.8) is 0 Å². The lowest BCUT2D eigenvalue weighted by Gasteiger charge is -2.46. The van der Waals surface area contributed by atoms with E-state index < -0.39 is 28.6 Å². The maximum atomic E-state index is 13.7. The van der Waals surface area contributed by atoms with Gasteiger partial charge in [-0.15, -0.1) is 0 Å². The average Bonchev–Trinajstić information content (AvgIpc) is 2.91. The summed E-state index contributed by atoms with van der Waals surface area (Å²) < 4.78 is 12.0. The van der Waals surface area contributed by atoms with Crippen LogP contribution in [0.1, 0.15) is 82.3 Å². The third-order valence-electron chi connectivity index (χ3n) is 7.87. The third-order valence-corrected chi connectivity index (χ3v) is 7.87. The summed E-state index contributed by atoms with van der Waals surface area (Å²) in [4.78, 5) is 43.5. The number of carbonyl (C=O) groups excluding carboxylic acids is 3. The summed E-state index contributed by atoms with van der Waals surface area (Å²) in [5, 5.41) is 0. The monoisotopic (exact) mass is 534 g/mol. The van der Waals surface area contributed by atoms with Crippen LogP contribution in [0, 0.1) is 10.8 Å². The molecule has 2 aliphatic rings. The van der Waals surface area contributed by atoms with Crippen molar-refractivity contribution in [1.29, 1.82) is 0 Å². The Balaban J connectivity index is 1.54. The fraction of sp³-hybridized carbons (Fsp3) is 0.531. The van der Waals surface area contributed by atoms with Gasteiger partial charge in [0.15, 0.2) is 5.78 Å². The number of ketones is 1. The number of amides is 2. The predicted octanol–water partition coefficient (Wildman–Crippen LogP) is 6.89. The first kappa shape index (κ1) is 28.7. The Hall–Kier alpha value is -3.35. The van der Waals surface area contributed by atoms with Crippen LogP contribution in [-0.4, -0.2) is 59.5 Å². The van der Waals surface area contributed by atoms with Crippen molar-refractivity contribution in [2.24, 2.45) is 10.8 Å². The number of piperidine rings is 2. The molecular weight excluding hydrogens is 492 g/mol. The van der Waals surface area contributed by atoms with E-state index in [0.717, 1.165) is 31.2 Å². The zero-order chi connectivity index (χ0) is 28.3. The quantitative estimate of drug-likeness (QED) is 0.391. The number of rotatable bonds is 5. The zero-order valence-electron chi connectivity index (χ0n) is 23.9. The van der Waals surface area contributed by atoms with Gasteiger partial charge in [-0.1, -0.05) is 74.5 Å². The zero-order valence-corrected chi connectivity index (χ0v) is 23.9. The second-order valence-electron chi connectivity index (χ2n) is 12.6. The van der Waals surface area contributed by atoms with Crippen molar-refractivity contribution in [2.75, 3.05) is 26.2 Å². The summed E-state index contributed by atoms with van der Waals surface area (Å²) in [5.74, 6) is 0.0486. The SMILES string of the molecule is CC(C)(C)OC(=O)N1CCCC(C)(C(OC(=O)N2CCCC(C)(C(=O)c3ccccc3)C2)c2ccccc2)C1. The van der Waals surface area contributed by atoms with E-state index in [9.17, 15) is 14.4 Å². The van der Waals surface area contributed by atoms with Crippen LogP contribution >= 0.6 is 0 Å². The standard InChI is InChI=1S/C32H42N2O5/c1-30(2,3)39-29(37)34-21-13-19-32(5,23-34)27(25-16-10-7-11-17-25)38-28(36)33-20-12-18-31(4,22-33)26(35)24-14-8-6-9-15-24/h6-11,14-17,27H,12-13,18-23H2,1-5H3. The summed E-state index contributed by atoms with van der Waals surface area (Å²) in [5.41, 5.74) is -0.225. The lowest BCUT2D eigenvalue weighted by atomic mass is 9.74. The lowest BCUT2D eigenvalue weighted by molar-refractivity contribution is -0.0523. The van der Waals surface area contributed by atoms with Crippen LogP contribution in [0.15, 0.2) is 60.7 Å². The molecule has 210 valence electrons. The molecule has 2 aliphatic heterocycles. The highest BCUT2D eigenvalue weighted by Gasteiger charge is 2.45. The molecule has 0 spiro atoms. The Morgan fingerprint density at radius 2 is 1.36 bits per heavy atom. The minimum Gasteiger partial charge on any atom is -0.444 e. The van der Waals surface area contributed by atoms with E-state index in [2.05, 4.69) is 6.92 Å². The fourth-order valence-electron chi connectivity index (χ4n) is 5.90. The predicted molar refractivity (Wildman–Crippen MR) is 150 cm³/mol. The molecule has 2 aromatic rings. The van der Waals surface area contributed by atoms with Crippen molar-refractivity contribution < 1.29 is 23.9 Å². The first-order chi connectivity index (χ1) is 18.4. The van der Waals surface area contributed by atoms with Gasteiger partial charge in [0.05, 0.1) is 0 Å². The highest BCUT2D eigenvalue weighted by Crippen LogP contribution is 2.44. The van der Waals surface area contributed by atoms with Gasteiger partial charge < -0.3 is 19.3 Å². The Morgan fingerprint density at radius 3 is 1.97 bits per heavy atom. The molecule has 0 bridgehead atoms. The van der Waals surface area contributed by atoms with Crippen molar-refractivity contribution >= 4 is 18.0 Å². The summed E-state index contributed by atoms with van der Waals surface area (Å²) in [6, 6.07) is 19.0. The molecule has 0 aromatic heterocycles. The van der Waals surface area contributed by atoms with Gasteiger partial charge in [0, 0.05) is 42.6 Å². The highest BCUT2D eigenvalue weighted by molar-refractivity contribution is 6.00. The number of nitrogens with zero attached hydrogens (tertiary/aromatic N) is 2. The van der Waals surface area contributed by atoms with Gasteiger partial charge >= 0.3 is 12.2 Å². The maximum absolute atomic E-state index is 13.7. The van der Waals surface area contributed by atoms with E-state index in [1.807, 2.05) is 88.4 Å². The Bertz CT molecular complexity index is 1160. The number of likely N-dealkylation sites (tertiary alicyclic amines) is 2. The number of benzene rings is 2. The van der Waals surface area contributed by atoms with Crippen LogP contribution in [-0.2, 0) is 9.47 Å². The Morgan fingerprint density at radius 1 is 0.795 bits per heavy atom. The topological polar surface area (TPSA) is 76.2 Å². The second kappa shape index (κ2) is 11.4. The molecule has 0 saturated carbocycles.